The van der Waals surface area contributed by atoms with Crippen LogP contribution in [0.4, 0.5) is 0 Å². The van der Waals surface area contributed by atoms with Crippen molar-refractivity contribution >= 4 is 67.3 Å². The van der Waals surface area contributed by atoms with Crippen molar-refractivity contribution in [1.29, 1.82) is 0 Å². The van der Waals surface area contributed by atoms with E-state index >= 15 is 0 Å². The van der Waals surface area contributed by atoms with Gasteiger partial charge in [0.1, 0.15) is 0 Å². The first-order valence-corrected chi connectivity index (χ1v) is 39.1. The molecule has 0 bridgehead atoms. The number of hydrogen-bond acceptors (Lipinski definition) is 2. The summed E-state index contributed by atoms with van der Waals surface area (Å²) in [5, 5.41) is 4.29. The Balaban J connectivity index is 1.29. The minimum atomic E-state index is -5.61. The zero-order valence-electron chi connectivity index (χ0n) is 40.0. The number of fused-ring (bicyclic) bond motifs is 4. The first-order valence-electron chi connectivity index (χ1n) is 23.7. The van der Waals surface area contributed by atoms with E-state index < -0.39 is 20.4 Å². The predicted octanol–water partition coefficient (Wildman–Crippen LogP) is 18.4. The summed E-state index contributed by atoms with van der Waals surface area (Å²) in [5.41, 5.74) is 15.7. The van der Waals surface area contributed by atoms with Crippen LogP contribution in [0.1, 0.15) is 119 Å². The van der Waals surface area contributed by atoms with Crippen molar-refractivity contribution in [2.75, 3.05) is 0 Å². The van der Waals surface area contributed by atoms with Crippen LogP contribution in [0.3, 0.4) is 0 Å². The Hall–Kier alpha value is -4.44. The third kappa shape index (κ3) is 7.10. The van der Waals surface area contributed by atoms with Crippen molar-refractivity contribution in [2.24, 2.45) is 0 Å². The Morgan fingerprint density at radius 3 is 1.24 bits per heavy atom. The summed E-state index contributed by atoms with van der Waals surface area (Å²) >= 11 is -5.61. The molecule has 334 valence electrons. The summed E-state index contributed by atoms with van der Waals surface area (Å²) in [7, 11) is 18.5. The molecule has 2 nitrogen and oxygen atoms in total. The Morgan fingerprint density at radius 2 is 0.894 bits per heavy atom. The van der Waals surface area contributed by atoms with Crippen molar-refractivity contribution in [3.05, 3.63) is 190 Å². The summed E-state index contributed by atoms with van der Waals surface area (Å²) in [6.07, 6.45) is 10.4. The van der Waals surface area contributed by atoms with Crippen LogP contribution in [-0.2, 0) is 38.7 Å². The first kappa shape index (κ1) is 45.3. The summed E-state index contributed by atoms with van der Waals surface area (Å²) in [5.74, 6) is 1.72. The van der Waals surface area contributed by atoms with E-state index in [1.807, 2.05) is 12.5 Å². The molecule has 0 radical (unpaired) electrons. The van der Waals surface area contributed by atoms with Crippen molar-refractivity contribution in [3.63, 3.8) is 0 Å². The number of halogens is 2. The van der Waals surface area contributed by atoms with E-state index in [4.69, 9.17) is 8.83 Å². The minimum absolute atomic E-state index is 0.0390. The van der Waals surface area contributed by atoms with Crippen LogP contribution in [0.5, 0.6) is 0 Å². The molecule has 6 heteroatoms. The Morgan fingerprint density at radius 1 is 0.515 bits per heavy atom. The molecule has 0 saturated carbocycles. The van der Waals surface area contributed by atoms with Gasteiger partial charge < -0.3 is 0 Å². The fraction of sp³-hybridized carbons (Fsp3) is 0.267. The van der Waals surface area contributed by atoms with E-state index in [9.17, 15) is 17.0 Å². The maximum absolute atomic E-state index is 9.26. The molecule has 0 amide bonds. The van der Waals surface area contributed by atoms with Crippen LogP contribution < -0.4 is 0 Å². The third-order valence-corrected chi connectivity index (χ3v) is 61.2. The van der Waals surface area contributed by atoms with E-state index in [0.717, 1.165) is 57.1 Å². The molecule has 2 heterocycles. The van der Waals surface area contributed by atoms with E-state index in [1.165, 1.54) is 66.8 Å². The Bertz CT molecular complexity index is 3160. The van der Waals surface area contributed by atoms with Gasteiger partial charge in [-0.05, 0) is 0 Å². The Kier molecular flexibility index (Phi) is 11.2. The van der Waals surface area contributed by atoms with Gasteiger partial charge in [0.2, 0.25) is 0 Å². The second-order valence-electron chi connectivity index (χ2n) is 21.1. The van der Waals surface area contributed by atoms with Crippen LogP contribution in [0.2, 0.25) is 13.1 Å². The van der Waals surface area contributed by atoms with Gasteiger partial charge in [0.25, 0.3) is 0 Å². The van der Waals surface area contributed by atoms with E-state index in [-0.39, 0.29) is 18.1 Å². The van der Waals surface area contributed by atoms with Crippen LogP contribution in [0.25, 0.3) is 67.1 Å². The molecule has 6 aromatic carbocycles. The van der Waals surface area contributed by atoms with Crippen LogP contribution >= 0.6 is 17.0 Å². The molecule has 2 aliphatic carbocycles. The van der Waals surface area contributed by atoms with Gasteiger partial charge in [0, 0.05) is 0 Å². The molecule has 2 aliphatic rings. The summed E-state index contributed by atoms with van der Waals surface area (Å²) in [6.45, 7) is 23.0. The Labute approximate surface area is 399 Å². The van der Waals surface area contributed by atoms with Gasteiger partial charge in [0.05, 0.1) is 0 Å². The first-order chi connectivity index (χ1) is 31.4. The molecule has 66 heavy (non-hydrogen) atoms. The van der Waals surface area contributed by atoms with Crippen molar-refractivity contribution < 1.29 is 23.8 Å². The van der Waals surface area contributed by atoms with Gasteiger partial charge in [-0.15, -0.1) is 0 Å². The number of rotatable bonds is 8. The number of allylic oxidation sites excluding steroid dienone is 2. The molecule has 2 aromatic heterocycles. The molecule has 2 unspecified atom stereocenters. The number of benzene rings is 6. The molecule has 0 aliphatic heterocycles. The van der Waals surface area contributed by atoms with Gasteiger partial charge in [-0.3, -0.25) is 0 Å². The van der Waals surface area contributed by atoms with Gasteiger partial charge in [-0.2, -0.15) is 0 Å². The third-order valence-electron chi connectivity index (χ3n) is 15.0. The fourth-order valence-electron chi connectivity index (χ4n) is 11.2. The standard InChI is InChI=1S/2C29H27O.C2H6Si.2ClH.Zr/c2*1-5-19-10-11-21-16-23(28-25-9-7-6-8-22(25)18-30-28)17-26(21)27(19)20-12-14-24(15-13-20)29(2,3)4;1-3-2;;;/h2*6-18H,5H2,1-4H3;1-2H3;2*1H;/q;;;;;+2/p-2. The zero-order chi connectivity index (χ0) is 46.5. The fourth-order valence-corrected chi connectivity index (χ4v) is 38.9. The van der Waals surface area contributed by atoms with E-state index in [0.29, 0.717) is 0 Å². The van der Waals surface area contributed by atoms with Crippen LogP contribution in [0.15, 0.2) is 143 Å². The molecule has 8 aromatic rings. The van der Waals surface area contributed by atoms with Crippen LogP contribution in [0, 0.1) is 0 Å². The number of aryl methyl sites for hydroxylation is 2. The van der Waals surface area contributed by atoms with E-state index in [1.54, 1.807) is 0 Å². The molecule has 0 saturated heterocycles. The quantitative estimate of drug-likeness (QED) is 0.142. The molecular formula is C60H60Cl2O2SiZr. The molecular weight excluding hydrogens is 943 g/mol. The van der Waals surface area contributed by atoms with Crippen molar-refractivity contribution in [2.45, 2.75) is 99.4 Å². The van der Waals surface area contributed by atoms with Gasteiger partial charge >= 0.3 is 403 Å². The SMILES string of the molecule is CCc1ccc2c(c1-c1ccc(C(C)(C)C)cc1)C=C(c1occ3ccccc13)[CH]2[Zr]([Cl])([Cl])([CH]1C(c2occ3ccccc23)=Cc2c1ccc(CC)c2-c1ccc(C(C)(C)C)cc1)=[Si](C)C. The van der Waals surface area contributed by atoms with Gasteiger partial charge in [-0.25, -0.2) is 0 Å². The molecule has 2 atom stereocenters. The van der Waals surface area contributed by atoms with Gasteiger partial charge in [-0.1, -0.05) is 0 Å². The van der Waals surface area contributed by atoms with Crippen molar-refractivity contribution in [3.8, 4) is 22.3 Å². The second-order valence-corrected chi connectivity index (χ2v) is 59.9. The average Bonchev–Trinajstić information content (AvgIpc) is 4.10. The second kappa shape index (κ2) is 16.4. The summed E-state index contributed by atoms with van der Waals surface area (Å²) < 4.78 is 13.0. The topological polar surface area (TPSA) is 26.3 Å². The monoisotopic (exact) mass is 1000 g/mol. The zero-order valence-corrected chi connectivity index (χ0v) is 45.0. The number of furan rings is 2. The predicted molar refractivity (Wildman–Crippen MR) is 283 cm³/mol. The molecule has 0 fully saturated rings. The number of hydrogen-bond donors (Lipinski definition) is 0. The van der Waals surface area contributed by atoms with Crippen molar-refractivity contribution in [1.82, 2.24) is 0 Å². The molecule has 10 rings (SSSR count). The summed E-state index contributed by atoms with van der Waals surface area (Å²) in [6, 6.07) is 44.9. The average molecular weight is 1000 g/mol. The van der Waals surface area contributed by atoms with E-state index in [2.05, 4.69) is 202 Å². The molecule has 0 N–H and O–H groups in total. The summed E-state index contributed by atoms with van der Waals surface area (Å²) in [4.78, 5) is 0. The van der Waals surface area contributed by atoms with Gasteiger partial charge in [0.15, 0.2) is 0 Å². The maximum atomic E-state index is 9.26. The molecule has 0 spiro atoms. The normalized spacial score (nSPS) is 16.4. The van der Waals surface area contributed by atoms with Crippen LogP contribution in [-0.4, -0.2) is 5.43 Å².